The minimum Gasteiger partial charge on any atom is -0.481 e. The minimum atomic E-state index is -0.866. The molecule has 2 aromatic heterocycles. The second-order valence-corrected chi connectivity index (χ2v) is 7.23. The van der Waals surface area contributed by atoms with E-state index in [0.29, 0.717) is 18.5 Å². The number of aromatic nitrogens is 4. The van der Waals surface area contributed by atoms with E-state index in [0.717, 1.165) is 16.5 Å². The zero-order valence-electron chi connectivity index (χ0n) is 15.7. The average molecular weight is 379 g/mol. The van der Waals surface area contributed by atoms with Gasteiger partial charge in [0.15, 0.2) is 5.69 Å². The van der Waals surface area contributed by atoms with Crippen molar-refractivity contribution in [2.24, 2.45) is 5.92 Å². The Hall–Kier alpha value is -3.29. The number of likely N-dealkylation sites (tertiary alicyclic amines) is 1. The van der Waals surface area contributed by atoms with Crippen molar-refractivity contribution in [2.75, 3.05) is 6.54 Å². The molecule has 0 aliphatic carbocycles. The third-order valence-electron chi connectivity index (χ3n) is 5.48. The summed E-state index contributed by atoms with van der Waals surface area (Å²) < 4.78 is 1.65. The summed E-state index contributed by atoms with van der Waals surface area (Å²) in [5.41, 5.74) is 1.70. The number of carbonyl (C=O) groups excluding carboxylic acids is 1. The van der Waals surface area contributed by atoms with Crippen LogP contribution in [0.15, 0.2) is 36.7 Å². The van der Waals surface area contributed by atoms with E-state index in [-0.39, 0.29) is 24.2 Å². The number of amides is 1. The first-order valence-corrected chi connectivity index (χ1v) is 9.26. The standard InChI is InChI=1S/C20H21N5O3/c1-12-6-7-15(20(27)28)11-24(12)19(26)18-13(2)25(23-22-18)17-5-3-4-14-10-21-9-8-16(14)17/h3-5,8-10,12,15H,6-7,11H2,1-2H3,(H,27,28). The van der Waals surface area contributed by atoms with Gasteiger partial charge in [0.1, 0.15) is 0 Å². The van der Waals surface area contributed by atoms with Crippen molar-refractivity contribution < 1.29 is 14.7 Å². The summed E-state index contributed by atoms with van der Waals surface area (Å²) in [7, 11) is 0. The second kappa shape index (κ2) is 7.03. The van der Waals surface area contributed by atoms with Gasteiger partial charge in [-0.3, -0.25) is 14.6 Å². The summed E-state index contributed by atoms with van der Waals surface area (Å²) >= 11 is 0. The predicted octanol–water partition coefficient (Wildman–Crippen LogP) is 2.45. The van der Waals surface area contributed by atoms with Crippen molar-refractivity contribution in [2.45, 2.75) is 32.7 Å². The van der Waals surface area contributed by atoms with Gasteiger partial charge >= 0.3 is 5.97 Å². The number of hydrogen-bond acceptors (Lipinski definition) is 5. The Morgan fingerprint density at radius 1 is 1.21 bits per heavy atom. The van der Waals surface area contributed by atoms with Crippen LogP contribution in [0.3, 0.4) is 0 Å². The van der Waals surface area contributed by atoms with E-state index in [1.165, 1.54) is 0 Å². The fourth-order valence-electron chi connectivity index (χ4n) is 3.77. The van der Waals surface area contributed by atoms with E-state index in [1.54, 1.807) is 28.9 Å². The van der Waals surface area contributed by atoms with Gasteiger partial charge in [0.2, 0.25) is 0 Å². The van der Waals surface area contributed by atoms with Gasteiger partial charge in [-0.1, -0.05) is 17.3 Å². The lowest BCUT2D eigenvalue weighted by Gasteiger charge is -2.36. The van der Waals surface area contributed by atoms with Gasteiger partial charge in [0.05, 0.1) is 17.3 Å². The molecule has 1 fully saturated rings. The quantitative estimate of drug-likeness (QED) is 0.750. The SMILES string of the molecule is Cc1c(C(=O)N2CC(C(=O)O)CCC2C)nnn1-c1cccc2cnccc12. The predicted molar refractivity (Wildman–Crippen MR) is 102 cm³/mol. The van der Waals surface area contributed by atoms with Gasteiger partial charge in [-0.05, 0) is 38.8 Å². The number of aliphatic carboxylic acids is 1. The Morgan fingerprint density at radius 2 is 2.04 bits per heavy atom. The molecule has 1 aromatic carbocycles. The fraction of sp³-hybridized carbons (Fsp3) is 0.350. The molecule has 1 amide bonds. The van der Waals surface area contributed by atoms with Gasteiger partial charge in [0.25, 0.3) is 5.91 Å². The first-order chi connectivity index (χ1) is 13.5. The molecular weight excluding hydrogens is 358 g/mol. The monoisotopic (exact) mass is 379 g/mol. The van der Waals surface area contributed by atoms with Crippen LogP contribution in [-0.4, -0.2) is 54.4 Å². The Bertz CT molecular complexity index is 1060. The van der Waals surface area contributed by atoms with E-state index in [2.05, 4.69) is 15.3 Å². The molecule has 8 heteroatoms. The number of fused-ring (bicyclic) bond motifs is 1. The highest BCUT2D eigenvalue weighted by atomic mass is 16.4. The van der Waals surface area contributed by atoms with Crippen molar-refractivity contribution in [1.82, 2.24) is 24.9 Å². The molecule has 0 spiro atoms. The molecule has 0 bridgehead atoms. The molecule has 1 N–H and O–H groups in total. The molecule has 3 aromatic rings. The highest BCUT2D eigenvalue weighted by molar-refractivity contribution is 5.94. The van der Waals surface area contributed by atoms with Crippen molar-refractivity contribution in [3.63, 3.8) is 0 Å². The Morgan fingerprint density at radius 3 is 2.82 bits per heavy atom. The first-order valence-electron chi connectivity index (χ1n) is 9.26. The van der Waals surface area contributed by atoms with Crippen LogP contribution in [0.4, 0.5) is 0 Å². The van der Waals surface area contributed by atoms with E-state index in [4.69, 9.17) is 0 Å². The number of nitrogens with zero attached hydrogens (tertiary/aromatic N) is 5. The maximum atomic E-state index is 13.1. The molecule has 3 heterocycles. The van der Waals surface area contributed by atoms with Gasteiger partial charge < -0.3 is 10.0 Å². The summed E-state index contributed by atoms with van der Waals surface area (Å²) in [6.07, 6.45) is 4.73. The number of rotatable bonds is 3. The van der Waals surface area contributed by atoms with Gasteiger partial charge in [-0.25, -0.2) is 4.68 Å². The van der Waals surface area contributed by atoms with E-state index >= 15 is 0 Å². The number of hydrogen-bond donors (Lipinski definition) is 1. The smallest absolute Gasteiger partial charge is 0.308 e. The van der Waals surface area contributed by atoms with Crippen LogP contribution in [-0.2, 0) is 4.79 Å². The van der Waals surface area contributed by atoms with Crippen LogP contribution in [0.5, 0.6) is 0 Å². The number of carboxylic acid groups (broad SMARTS) is 1. The van der Waals surface area contributed by atoms with Crippen LogP contribution in [0.1, 0.15) is 35.9 Å². The maximum Gasteiger partial charge on any atom is 0.308 e. The maximum absolute atomic E-state index is 13.1. The molecule has 1 aliphatic rings. The number of piperidine rings is 1. The molecular formula is C20H21N5O3. The third-order valence-corrected chi connectivity index (χ3v) is 5.48. The third kappa shape index (κ3) is 3.00. The summed E-state index contributed by atoms with van der Waals surface area (Å²) in [5.74, 6) is -1.68. The number of carboxylic acids is 1. The average Bonchev–Trinajstić information content (AvgIpc) is 3.08. The normalized spacial score (nSPS) is 19.7. The Kier molecular flexibility index (Phi) is 4.54. The summed E-state index contributed by atoms with van der Waals surface area (Å²) in [5, 5.41) is 19.6. The fourth-order valence-corrected chi connectivity index (χ4v) is 3.77. The van der Waals surface area contributed by atoms with Crippen molar-refractivity contribution in [1.29, 1.82) is 0 Å². The van der Waals surface area contributed by atoms with Crippen molar-refractivity contribution in [3.05, 3.63) is 48.0 Å². The number of benzene rings is 1. The van der Waals surface area contributed by atoms with E-state index in [9.17, 15) is 14.7 Å². The lowest BCUT2D eigenvalue weighted by Crippen LogP contribution is -2.47. The summed E-state index contributed by atoms with van der Waals surface area (Å²) in [4.78, 5) is 30.2. The van der Waals surface area contributed by atoms with Crippen LogP contribution >= 0.6 is 0 Å². The topological polar surface area (TPSA) is 101 Å². The summed E-state index contributed by atoms with van der Waals surface area (Å²) in [6.45, 7) is 3.94. The molecule has 1 aliphatic heterocycles. The van der Waals surface area contributed by atoms with Crippen LogP contribution in [0.25, 0.3) is 16.5 Å². The summed E-state index contributed by atoms with van der Waals surface area (Å²) in [6, 6.07) is 7.66. The molecule has 0 saturated carbocycles. The number of pyridine rings is 1. The van der Waals surface area contributed by atoms with Crippen LogP contribution < -0.4 is 0 Å². The Labute approximate surface area is 161 Å². The molecule has 2 atom stereocenters. The zero-order valence-corrected chi connectivity index (χ0v) is 15.7. The van der Waals surface area contributed by atoms with Gasteiger partial charge in [-0.15, -0.1) is 5.10 Å². The molecule has 4 rings (SSSR count). The number of carbonyl (C=O) groups is 2. The molecule has 8 nitrogen and oxygen atoms in total. The molecule has 28 heavy (non-hydrogen) atoms. The van der Waals surface area contributed by atoms with E-state index < -0.39 is 11.9 Å². The molecule has 144 valence electrons. The van der Waals surface area contributed by atoms with Crippen molar-refractivity contribution in [3.8, 4) is 5.69 Å². The highest BCUT2D eigenvalue weighted by Gasteiger charge is 2.35. The highest BCUT2D eigenvalue weighted by Crippen LogP contribution is 2.26. The molecule has 2 unspecified atom stereocenters. The minimum absolute atomic E-state index is 0.0312. The first kappa shape index (κ1) is 18.1. The van der Waals surface area contributed by atoms with Crippen LogP contribution in [0.2, 0.25) is 0 Å². The Balaban J connectivity index is 1.70. The molecule has 0 radical (unpaired) electrons. The lowest BCUT2D eigenvalue weighted by atomic mass is 9.93. The molecule has 1 saturated heterocycles. The second-order valence-electron chi connectivity index (χ2n) is 7.23. The van der Waals surface area contributed by atoms with Crippen molar-refractivity contribution >= 4 is 22.6 Å². The van der Waals surface area contributed by atoms with Crippen LogP contribution in [0, 0.1) is 12.8 Å². The zero-order chi connectivity index (χ0) is 19.8. The largest absolute Gasteiger partial charge is 0.481 e. The van der Waals surface area contributed by atoms with Gasteiger partial charge in [0, 0.05) is 35.8 Å². The van der Waals surface area contributed by atoms with Gasteiger partial charge in [-0.2, -0.15) is 0 Å². The lowest BCUT2D eigenvalue weighted by molar-refractivity contribution is -0.143. The van der Waals surface area contributed by atoms with E-state index in [1.807, 2.05) is 31.2 Å².